The molecule has 0 unspecified atom stereocenters. The standard InChI is InChI=1S/C15H16N4O2/c1-2-3-6-17-7-9-18(10-8-17)15-5-4-14(19(20)21)11-13(15)12-16/h1,4-5,11H,3,6-10H2. The first-order valence-corrected chi connectivity index (χ1v) is 6.75. The van der Waals surface area contributed by atoms with Crippen molar-refractivity contribution in [2.45, 2.75) is 6.42 Å². The van der Waals surface area contributed by atoms with Crippen LogP contribution in [0.25, 0.3) is 0 Å². The van der Waals surface area contributed by atoms with E-state index in [1.165, 1.54) is 12.1 Å². The van der Waals surface area contributed by atoms with Gasteiger partial charge in [0.2, 0.25) is 0 Å². The Hall–Kier alpha value is -2.57. The molecule has 0 aliphatic carbocycles. The van der Waals surface area contributed by atoms with E-state index in [0.29, 0.717) is 5.56 Å². The lowest BCUT2D eigenvalue weighted by Gasteiger charge is -2.36. The Morgan fingerprint density at radius 3 is 2.62 bits per heavy atom. The van der Waals surface area contributed by atoms with Gasteiger partial charge in [-0.05, 0) is 6.07 Å². The number of non-ortho nitro benzene ring substituents is 1. The van der Waals surface area contributed by atoms with Crippen LogP contribution < -0.4 is 4.90 Å². The van der Waals surface area contributed by atoms with Crippen LogP contribution in [0, 0.1) is 33.8 Å². The number of hydrogen-bond donors (Lipinski definition) is 0. The summed E-state index contributed by atoms with van der Waals surface area (Å²) < 4.78 is 0. The van der Waals surface area contributed by atoms with E-state index >= 15 is 0 Å². The molecule has 0 bridgehead atoms. The van der Waals surface area contributed by atoms with Crippen molar-refractivity contribution in [3.8, 4) is 18.4 Å². The molecule has 2 rings (SSSR count). The largest absolute Gasteiger partial charge is 0.368 e. The van der Waals surface area contributed by atoms with Gasteiger partial charge in [-0.3, -0.25) is 15.0 Å². The lowest BCUT2D eigenvalue weighted by molar-refractivity contribution is -0.384. The first-order chi connectivity index (χ1) is 10.2. The van der Waals surface area contributed by atoms with Gasteiger partial charge in [-0.2, -0.15) is 5.26 Å². The topological polar surface area (TPSA) is 73.4 Å². The average molecular weight is 284 g/mol. The van der Waals surface area contributed by atoms with Crippen molar-refractivity contribution in [1.29, 1.82) is 5.26 Å². The van der Waals surface area contributed by atoms with E-state index in [1.807, 2.05) is 6.07 Å². The summed E-state index contributed by atoms with van der Waals surface area (Å²) in [7, 11) is 0. The van der Waals surface area contributed by atoms with E-state index in [9.17, 15) is 15.4 Å². The Morgan fingerprint density at radius 1 is 1.33 bits per heavy atom. The minimum absolute atomic E-state index is 0.0528. The van der Waals surface area contributed by atoms with Crippen molar-refractivity contribution in [1.82, 2.24) is 4.90 Å². The first kappa shape index (κ1) is 14.8. The van der Waals surface area contributed by atoms with E-state index in [2.05, 4.69) is 15.7 Å². The summed E-state index contributed by atoms with van der Waals surface area (Å²) in [6, 6.07) is 6.49. The summed E-state index contributed by atoms with van der Waals surface area (Å²) in [4.78, 5) is 14.7. The molecular formula is C15H16N4O2. The third-order valence-electron chi connectivity index (χ3n) is 3.60. The maximum Gasteiger partial charge on any atom is 0.270 e. The van der Waals surface area contributed by atoms with Crippen molar-refractivity contribution >= 4 is 11.4 Å². The molecule has 1 fully saturated rings. The molecule has 6 nitrogen and oxygen atoms in total. The minimum Gasteiger partial charge on any atom is -0.368 e. The number of rotatable bonds is 4. The Morgan fingerprint density at radius 2 is 2.05 bits per heavy atom. The van der Waals surface area contributed by atoms with E-state index < -0.39 is 4.92 Å². The third kappa shape index (κ3) is 3.50. The highest BCUT2D eigenvalue weighted by Crippen LogP contribution is 2.25. The van der Waals surface area contributed by atoms with Gasteiger partial charge < -0.3 is 4.90 Å². The van der Waals surface area contributed by atoms with Crippen molar-refractivity contribution in [2.75, 3.05) is 37.6 Å². The number of piperazine rings is 1. The number of nitriles is 1. The van der Waals surface area contributed by atoms with Gasteiger partial charge in [0.05, 0.1) is 16.2 Å². The Bertz CT molecular complexity index is 607. The average Bonchev–Trinajstić information content (AvgIpc) is 2.52. The SMILES string of the molecule is C#CCCN1CCN(c2ccc([N+](=O)[O-])cc2C#N)CC1. The van der Waals surface area contributed by atoms with Crippen molar-refractivity contribution in [2.24, 2.45) is 0 Å². The quantitative estimate of drug-likeness (QED) is 0.477. The molecule has 1 saturated heterocycles. The Labute approximate surface area is 123 Å². The fourth-order valence-electron chi connectivity index (χ4n) is 2.44. The molecule has 0 saturated carbocycles. The molecule has 0 amide bonds. The lowest BCUT2D eigenvalue weighted by atomic mass is 10.1. The summed E-state index contributed by atoms with van der Waals surface area (Å²) in [5.41, 5.74) is 1.06. The summed E-state index contributed by atoms with van der Waals surface area (Å²) in [5.74, 6) is 2.63. The lowest BCUT2D eigenvalue weighted by Crippen LogP contribution is -2.46. The zero-order chi connectivity index (χ0) is 15.2. The first-order valence-electron chi connectivity index (χ1n) is 6.75. The number of hydrogen-bond acceptors (Lipinski definition) is 5. The van der Waals surface area contributed by atoms with Crippen molar-refractivity contribution < 1.29 is 4.92 Å². The van der Waals surface area contributed by atoms with Gasteiger partial charge in [-0.15, -0.1) is 12.3 Å². The molecule has 1 aliphatic rings. The second kappa shape index (κ2) is 6.74. The number of benzene rings is 1. The Balaban J connectivity index is 2.08. The van der Waals surface area contributed by atoms with Crippen LogP contribution in [-0.2, 0) is 0 Å². The summed E-state index contributed by atoms with van der Waals surface area (Å²) >= 11 is 0. The Kier molecular flexibility index (Phi) is 4.76. The van der Waals surface area contributed by atoms with Gasteiger partial charge in [0.1, 0.15) is 6.07 Å². The number of nitrogens with zero attached hydrogens (tertiary/aromatic N) is 4. The van der Waals surface area contributed by atoms with Crippen LogP contribution in [-0.4, -0.2) is 42.5 Å². The smallest absolute Gasteiger partial charge is 0.270 e. The molecule has 1 heterocycles. The van der Waals surface area contributed by atoms with Gasteiger partial charge in [0, 0.05) is 51.3 Å². The molecule has 0 spiro atoms. The van der Waals surface area contributed by atoms with Crippen molar-refractivity contribution in [3.05, 3.63) is 33.9 Å². The molecule has 1 aromatic carbocycles. The molecule has 1 aromatic rings. The van der Waals surface area contributed by atoms with E-state index in [4.69, 9.17) is 6.42 Å². The second-order valence-electron chi connectivity index (χ2n) is 4.85. The number of anilines is 1. The molecule has 1 aliphatic heterocycles. The van der Waals surface area contributed by atoms with Crippen LogP contribution >= 0.6 is 0 Å². The predicted molar refractivity (Wildman–Crippen MR) is 79.9 cm³/mol. The molecule has 0 radical (unpaired) electrons. The van der Waals surface area contributed by atoms with Crippen LogP contribution in [0.15, 0.2) is 18.2 Å². The fourth-order valence-corrected chi connectivity index (χ4v) is 2.44. The van der Waals surface area contributed by atoms with Gasteiger partial charge in [0.15, 0.2) is 0 Å². The van der Waals surface area contributed by atoms with Crippen LogP contribution in [0.3, 0.4) is 0 Å². The highest BCUT2D eigenvalue weighted by Gasteiger charge is 2.20. The molecule has 21 heavy (non-hydrogen) atoms. The van der Waals surface area contributed by atoms with Crippen LogP contribution in [0.4, 0.5) is 11.4 Å². The summed E-state index contributed by atoms with van der Waals surface area (Å²) in [5, 5.41) is 20.0. The van der Waals surface area contributed by atoms with Gasteiger partial charge >= 0.3 is 0 Å². The maximum absolute atomic E-state index is 10.8. The monoisotopic (exact) mass is 284 g/mol. The van der Waals surface area contributed by atoms with E-state index in [-0.39, 0.29) is 5.69 Å². The normalized spacial score (nSPS) is 15.2. The maximum atomic E-state index is 10.8. The number of terminal acetylenes is 1. The van der Waals surface area contributed by atoms with E-state index in [1.54, 1.807) is 6.07 Å². The summed E-state index contributed by atoms with van der Waals surface area (Å²) in [6.07, 6.45) is 6.00. The molecule has 0 N–H and O–H groups in total. The molecule has 108 valence electrons. The van der Waals surface area contributed by atoms with Gasteiger partial charge in [0.25, 0.3) is 5.69 Å². The van der Waals surface area contributed by atoms with Crippen LogP contribution in [0.2, 0.25) is 0 Å². The summed E-state index contributed by atoms with van der Waals surface area (Å²) in [6.45, 7) is 4.22. The van der Waals surface area contributed by atoms with Crippen LogP contribution in [0.1, 0.15) is 12.0 Å². The zero-order valence-corrected chi connectivity index (χ0v) is 11.7. The number of nitro benzene ring substituents is 1. The number of nitro groups is 1. The van der Waals surface area contributed by atoms with Gasteiger partial charge in [-0.1, -0.05) is 0 Å². The van der Waals surface area contributed by atoms with Crippen LogP contribution in [0.5, 0.6) is 0 Å². The molecule has 0 atom stereocenters. The highest BCUT2D eigenvalue weighted by atomic mass is 16.6. The fraction of sp³-hybridized carbons (Fsp3) is 0.400. The zero-order valence-electron chi connectivity index (χ0n) is 11.7. The molecular weight excluding hydrogens is 268 g/mol. The molecule has 6 heteroatoms. The third-order valence-corrected chi connectivity index (χ3v) is 3.60. The van der Waals surface area contributed by atoms with Crippen molar-refractivity contribution in [3.63, 3.8) is 0 Å². The van der Waals surface area contributed by atoms with Gasteiger partial charge in [-0.25, -0.2) is 0 Å². The second-order valence-corrected chi connectivity index (χ2v) is 4.85. The highest BCUT2D eigenvalue weighted by molar-refractivity contribution is 5.63. The molecule has 0 aromatic heterocycles. The van der Waals surface area contributed by atoms with E-state index in [0.717, 1.165) is 44.8 Å². The predicted octanol–water partition coefficient (Wildman–Crippen LogP) is 1.61. The minimum atomic E-state index is -0.484.